The minimum atomic E-state index is -0.0494. The van der Waals surface area contributed by atoms with Gasteiger partial charge in [-0.25, -0.2) is 0 Å². The molecule has 0 unspecified atom stereocenters. The molecule has 1 amide bonds. The molecule has 2 aromatic carbocycles. The fourth-order valence-corrected chi connectivity index (χ4v) is 5.99. The molecule has 2 fully saturated rings. The summed E-state index contributed by atoms with van der Waals surface area (Å²) in [6.45, 7) is 11.7. The van der Waals surface area contributed by atoms with Crippen LogP contribution >= 0.6 is 0 Å². The molecule has 0 bridgehead atoms. The van der Waals surface area contributed by atoms with Crippen LogP contribution in [0.4, 0.5) is 0 Å². The second-order valence-electron chi connectivity index (χ2n) is 11.2. The molecule has 0 N–H and O–H groups in total. The number of piperidine rings is 1. The third-order valence-corrected chi connectivity index (χ3v) is 8.52. The lowest BCUT2D eigenvalue weighted by molar-refractivity contribution is -0.129. The monoisotopic (exact) mass is 509 g/mol. The average molecular weight is 510 g/mol. The Morgan fingerprint density at radius 1 is 0.947 bits per heavy atom. The smallest absolute Gasteiger partial charge is 0.255 e. The van der Waals surface area contributed by atoms with Crippen LogP contribution in [0.2, 0.25) is 0 Å². The van der Waals surface area contributed by atoms with E-state index in [-0.39, 0.29) is 11.4 Å². The van der Waals surface area contributed by atoms with Crippen LogP contribution < -0.4 is 0 Å². The first-order valence-corrected chi connectivity index (χ1v) is 13.9. The molecule has 3 aliphatic heterocycles. The summed E-state index contributed by atoms with van der Waals surface area (Å²) in [5.41, 5.74) is 4.04. The number of nitriles is 1. The Morgan fingerprint density at radius 3 is 2.29 bits per heavy atom. The Bertz CT molecular complexity index is 1190. The Labute approximate surface area is 227 Å². The molecule has 6 nitrogen and oxygen atoms in total. The highest BCUT2D eigenvalue weighted by atomic mass is 16.2. The van der Waals surface area contributed by atoms with Gasteiger partial charge in [0.15, 0.2) is 0 Å². The summed E-state index contributed by atoms with van der Waals surface area (Å²) >= 11 is 0. The van der Waals surface area contributed by atoms with Gasteiger partial charge in [-0.2, -0.15) is 5.26 Å². The highest BCUT2D eigenvalue weighted by Crippen LogP contribution is 2.29. The van der Waals surface area contributed by atoms with Crippen LogP contribution in [0.5, 0.6) is 0 Å². The summed E-state index contributed by atoms with van der Waals surface area (Å²) in [6, 6.07) is 21.2. The van der Waals surface area contributed by atoms with Crippen molar-refractivity contribution in [2.45, 2.75) is 44.8 Å². The number of hydrogen-bond donors (Lipinski definition) is 0. The van der Waals surface area contributed by atoms with Crippen molar-refractivity contribution >= 4 is 5.91 Å². The van der Waals surface area contributed by atoms with E-state index in [1.165, 1.54) is 11.1 Å². The lowest BCUT2D eigenvalue weighted by Crippen LogP contribution is -2.54. The van der Waals surface area contributed by atoms with E-state index >= 15 is 0 Å². The first kappa shape index (κ1) is 26.2. The number of amides is 1. The lowest BCUT2D eigenvalue weighted by atomic mass is 9.91. The molecule has 198 valence electrons. The summed E-state index contributed by atoms with van der Waals surface area (Å²) < 4.78 is 0. The number of nitrogens with zero attached hydrogens (tertiary/aromatic N) is 5. The molecule has 0 atom stereocenters. The molecule has 2 saturated heterocycles. The molecule has 3 heterocycles. The van der Waals surface area contributed by atoms with Gasteiger partial charge < -0.3 is 9.80 Å². The van der Waals surface area contributed by atoms with Gasteiger partial charge in [-0.3, -0.25) is 14.6 Å². The normalized spacial score (nSPS) is 19.8. The van der Waals surface area contributed by atoms with Crippen LogP contribution in [-0.4, -0.2) is 77.4 Å². The first-order chi connectivity index (χ1) is 18.4. The predicted molar refractivity (Wildman–Crippen MR) is 151 cm³/mol. The predicted octanol–water partition coefficient (Wildman–Crippen LogP) is 4.36. The quantitative estimate of drug-likeness (QED) is 0.579. The molecule has 5 rings (SSSR count). The molecule has 0 aromatic heterocycles. The number of piperazine rings is 1. The van der Waals surface area contributed by atoms with Gasteiger partial charge in [0.25, 0.3) is 5.91 Å². The number of rotatable bonds is 6. The van der Waals surface area contributed by atoms with E-state index in [1.807, 2.05) is 23.1 Å². The van der Waals surface area contributed by atoms with E-state index in [2.05, 4.69) is 89.4 Å². The number of carbonyl (C=O) groups excluding carboxylic acids is 1. The summed E-state index contributed by atoms with van der Waals surface area (Å²) in [6.07, 6.45) is 8.46. The van der Waals surface area contributed by atoms with Gasteiger partial charge in [0.1, 0.15) is 0 Å². The van der Waals surface area contributed by atoms with Crippen LogP contribution in [0.3, 0.4) is 0 Å². The number of carbonyl (C=O) groups is 1. The molecule has 0 aliphatic carbocycles. The zero-order chi connectivity index (χ0) is 26.5. The summed E-state index contributed by atoms with van der Waals surface area (Å²) in [5.74, 6) is 0.154. The van der Waals surface area contributed by atoms with Crippen molar-refractivity contribution in [2.75, 3.05) is 45.8 Å². The Balaban J connectivity index is 1.13. The largest absolute Gasteiger partial charge is 0.370 e. The van der Waals surface area contributed by atoms with Crippen molar-refractivity contribution < 1.29 is 4.79 Å². The molecule has 3 aliphatic rings. The summed E-state index contributed by atoms with van der Waals surface area (Å²) in [5, 5.41) is 9.01. The van der Waals surface area contributed by atoms with Gasteiger partial charge in [-0.1, -0.05) is 54.6 Å². The molecule has 0 spiro atoms. The van der Waals surface area contributed by atoms with Crippen molar-refractivity contribution in [3.63, 3.8) is 0 Å². The van der Waals surface area contributed by atoms with Crippen LogP contribution in [0.15, 0.2) is 78.5 Å². The number of benzene rings is 2. The van der Waals surface area contributed by atoms with E-state index < -0.39 is 0 Å². The van der Waals surface area contributed by atoms with Crippen molar-refractivity contribution in [2.24, 2.45) is 0 Å². The first-order valence-electron chi connectivity index (χ1n) is 13.9. The maximum Gasteiger partial charge on any atom is 0.255 e. The van der Waals surface area contributed by atoms with E-state index in [9.17, 15) is 4.79 Å². The molecule has 0 saturated carbocycles. The molecule has 0 radical (unpaired) electrons. The Morgan fingerprint density at radius 2 is 1.63 bits per heavy atom. The fraction of sp³-hybridized carbons (Fsp3) is 0.438. The van der Waals surface area contributed by atoms with Crippen LogP contribution in [0.1, 0.15) is 43.4 Å². The molecular formula is C32H39N5O. The summed E-state index contributed by atoms with van der Waals surface area (Å²) in [7, 11) is 0. The van der Waals surface area contributed by atoms with Crippen molar-refractivity contribution in [1.82, 2.24) is 19.6 Å². The van der Waals surface area contributed by atoms with Gasteiger partial charge in [-0.05, 0) is 49.9 Å². The van der Waals surface area contributed by atoms with Crippen molar-refractivity contribution in [3.8, 4) is 6.07 Å². The van der Waals surface area contributed by atoms with Gasteiger partial charge in [0, 0.05) is 70.1 Å². The Kier molecular flexibility index (Phi) is 7.97. The third-order valence-electron chi connectivity index (χ3n) is 8.52. The van der Waals surface area contributed by atoms with Crippen LogP contribution in [0, 0.1) is 11.3 Å². The fourth-order valence-electron chi connectivity index (χ4n) is 5.99. The zero-order valence-corrected chi connectivity index (χ0v) is 22.7. The van der Waals surface area contributed by atoms with Crippen LogP contribution in [-0.2, 0) is 16.9 Å². The zero-order valence-electron chi connectivity index (χ0n) is 22.7. The Hall–Kier alpha value is -3.40. The van der Waals surface area contributed by atoms with Crippen molar-refractivity contribution in [3.05, 3.63) is 95.2 Å². The highest BCUT2D eigenvalue weighted by molar-refractivity contribution is 5.96. The molecule has 38 heavy (non-hydrogen) atoms. The van der Waals surface area contributed by atoms with Gasteiger partial charge in [0.05, 0.1) is 17.2 Å². The van der Waals surface area contributed by atoms with E-state index in [1.54, 1.807) is 0 Å². The maximum atomic E-state index is 13.4. The molecular weight excluding hydrogens is 470 g/mol. The number of hydrogen-bond acceptors (Lipinski definition) is 5. The SMILES string of the molecule is CC(C)(c1ccccc1)N1CCN(C(=O)C2=CN(C3CCN(Cc4ccc(C#N)cc4)CC3)CC=C2)CC1. The van der Waals surface area contributed by atoms with E-state index in [0.717, 1.165) is 70.8 Å². The lowest BCUT2D eigenvalue weighted by Gasteiger charge is -2.44. The second-order valence-corrected chi connectivity index (χ2v) is 11.2. The van der Waals surface area contributed by atoms with Gasteiger partial charge in [0.2, 0.25) is 0 Å². The third kappa shape index (κ3) is 5.85. The standard InChI is InChI=1S/C32H39N5O/c1-32(2,29-8-4-3-5-9-29)37-21-19-35(20-22-37)31(38)28-7-6-16-36(25-28)30-14-17-34(18-15-30)24-27-12-10-26(23-33)11-13-27/h3-13,25,30H,14-22,24H2,1-2H3. The highest BCUT2D eigenvalue weighted by Gasteiger charge is 2.33. The topological polar surface area (TPSA) is 53.8 Å². The summed E-state index contributed by atoms with van der Waals surface area (Å²) in [4.78, 5) is 22.8. The van der Waals surface area contributed by atoms with Gasteiger partial charge >= 0.3 is 0 Å². The van der Waals surface area contributed by atoms with E-state index in [0.29, 0.717) is 11.6 Å². The van der Waals surface area contributed by atoms with Crippen molar-refractivity contribution in [1.29, 1.82) is 5.26 Å². The number of likely N-dealkylation sites (tertiary alicyclic amines) is 1. The van der Waals surface area contributed by atoms with E-state index in [4.69, 9.17) is 5.26 Å². The molecule has 2 aromatic rings. The minimum Gasteiger partial charge on any atom is -0.370 e. The van der Waals surface area contributed by atoms with Gasteiger partial charge in [-0.15, -0.1) is 0 Å². The minimum absolute atomic E-state index is 0.0494. The maximum absolute atomic E-state index is 13.4. The average Bonchev–Trinajstić information content (AvgIpc) is 2.98. The van der Waals surface area contributed by atoms with Crippen LogP contribution in [0.25, 0.3) is 0 Å². The molecule has 6 heteroatoms. The second kappa shape index (κ2) is 11.6.